The van der Waals surface area contributed by atoms with Crippen molar-refractivity contribution >= 4 is 43.2 Å². The minimum Gasteiger partial charge on any atom is -0.379 e. The molecule has 1 unspecified atom stereocenters. The van der Waals surface area contributed by atoms with Crippen LogP contribution in [0.25, 0.3) is 9.53 Å². The second-order valence-electron chi connectivity index (χ2n) is 6.16. The van der Waals surface area contributed by atoms with Crippen LogP contribution in [0.5, 0.6) is 0 Å². The summed E-state index contributed by atoms with van der Waals surface area (Å²) in [5, 5.41) is 4.10. The summed E-state index contributed by atoms with van der Waals surface area (Å²) in [5.41, 5.74) is 0. The molecule has 8 heteroatoms. The van der Waals surface area contributed by atoms with E-state index in [0.717, 1.165) is 58.9 Å². The number of thiazole rings is 1. The number of amides is 1. The van der Waals surface area contributed by atoms with Crippen molar-refractivity contribution in [2.75, 3.05) is 50.8 Å². The van der Waals surface area contributed by atoms with E-state index >= 15 is 0 Å². The number of fused-ring (bicyclic) bond motifs is 1. The Labute approximate surface area is 156 Å². The maximum absolute atomic E-state index is 12.5. The standard InChI is InChI=1S/C17H26N4O2S2/c1-4-20(5-2)17-19-16-14(25-17)10-13(24-16)15(22)18-11-12(3)21-6-8-23-9-7-21/h10,12H,4-9,11H2,1-3H3,(H,18,22). The van der Waals surface area contributed by atoms with Gasteiger partial charge in [0, 0.05) is 38.8 Å². The summed E-state index contributed by atoms with van der Waals surface area (Å²) in [6.45, 7) is 12.4. The van der Waals surface area contributed by atoms with Gasteiger partial charge in [-0.15, -0.1) is 11.3 Å². The maximum Gasteiger partial charge on any atom is 0.261 e. The Hall–Kier alpha value is -1.22. The fourth-order valence-electron chi connectivity index (χ4n) is 2.94. The van der Waals surface area contributed by atoms with E-state index in [1.54, 1.807) is 11.3 Å². The van der Waals surface area contributed by atoms with Gasteiger partial charge in [0.2, 0.25) is 0 Å². The number of rotatable bonds is 7. The third-order valence-corrected chi connectivity index (χ3v) is 6.78. The number of carbonyl (C=O) groups is 1. The zero-order valence-corrected chi connectivity index (χ0v) is 16.7. The molecule has 0 spiro atoms. The number of morpholine rings is 1. The monoisotopic (exact) mass is 382 g/mol. The summed E-state index contributed by atoms with van der Waals surface area (Å²) < 4.78 is 6.47. The Kier molecular flexibility index (Phi) is 6.27. The van der Waals surface area contributed by atoms with Crippen LogP contribution < -0.4 is 10.2 Å². The largest absolute Gasteiger partial charge is 0.379 e. The van der Waals surface area contributed by atoms with Gasteiger partial charge in [0.1, 0.15) is 4.83 Å². The molecule has 6 nitrogen and oxygen atoms in total. The Morgan fingerprint density at radius 2 is 2.08 bits per heavy atom. The number of thiophene rings is 1. The number of hydrogen-bond donors (Lipinski definition) is 1. The molecule has 1 saturated heterocycles. The maximum atomic E-state index is 12.5. The predicted octanol–water partition coefficient (Wildman–Crippen LogP) is 2.65. The molecule has 1 N–H and O–H groups in total. The van der Waals surface area contributed by atoms with Crippen molar-refractivity contribution in [3.05, 3.63) is 10.9 Å². The van der Waals surface area contributed by atoms with E-state index < -0.39 is 0 Å². The van der Waals surface area contributed by atoms with Gasteiger partial charge >= 0.3 is 0 Å². The van der Waals surface area contributed by atoms with Gasteiger partial charge in [-0.2, -0.15) is 0 Å². The molecule has 3 heterocycles. The van der Waals surface area contributed by atoms with E-state index in [0.29, 0.717) is 12.6 Å². The third-order valence-electron chi connectivity index (χ3n) is 4.56. The summed E-state index contributed by atoms with van der Waals surface area (Å²) >= 11 is 3.14. The lowest BCUT2D eigenvalue weighted by atomic mass is 10.2. The van der Waals surface area contributed by atoms with Crippen molar-refractivity contribution in [1.82, 2.24) is 15.2 Å². The lowest BCUT2D eigenvalue weighted by Gasteiger charge is -2.32. The summed E-state index contributed by atoms with van der Waals surface area (Å²) in [5.74, 6) is -0.000279. The van der Waals surface area contributed by atoms with E-state index in [-0.39, 0.29) is 5.91 Å². The third kappa shape index (κ3) is 4.31. The Morgan fingerprint density at radius 3 is 2.72 bits per heavy atom. The Bertz CT molecular complexity index is 673. The first-order chi connectivity index (χ1) is 12.1. The molecular weight excluding hydrogens is 356 g/mol. The molecule has 138 valence electrons. The van der Waals surface area contributed by atoms with Crippen LogP contribution in [0.4, 0.5) is 5.13 Å². The number of nitrogens with one attached hydrogen (secondary N) is 1. The van der Waals surface area contributed by atoms with Crippen molar-refractivity contribution in [2.45, 2.75) is 26.8 Å². The van der Waals surface area contributed by atoms with Crippen LogP contribution in [0.3, 0.4) is 0 Å². The van der Waals surface area contributed by atoms with Gasteiger partial charge in [-0.3, -0.25) is 9.69 Å². The molecule has 0 aromatic carbocycles. The average Bonchev–Trinajstić information content (AvgIpc) is 3.20. The van der Waals surface area contributed by atoms with E-state index in [4.69, 9.17) is 4.74 Å². The second kappa shape index (κ2) is 8.44. The first-order valence-electron chi connectivity index (χ1n) is 8.87. The smallest absolute Gasteiger partial charge is 0.261 e. The number of hydrogen-bond acceptors (Lipinski definition) is 7. The van der Waals surface area contributed by atoms with E-state index in [1.165, 1.54) is 11.3 Å². The Balaban J connectivity index is 1.59. The van der Waals surface area contributed by atoms with Crippen molar-refractivity contribution in [3.8, 4) is 0 Å². The SMILES string of the molecule is CCN(CC)c1nc2sc(C(=O)NCC(C)N3CCOCC3)cc2s1. The van der Waals surface area contributed by atoms with Crippen LogP contribution in [0.1, 0.15) is 30.4 Å². The Morgan fingerprint density at radius 1 is 1.36 bits per heavy atom. The molecule has 2 aromatic heterocycles. The van der Waals surface area contributed by atoms with Gasteiger partial charge in [0.15, 0.2) is 5.13 Å². The van der Waals surface area contributed by atoms with Crippen LogP contribution in [0.2, 0.25) is 0 Å². The molecule has 1 amide bonds. The van der Waals surface area contributed by atoms with Crippen molar-refractivity contribution in [1.29, 1.82) is 0 Å². The molecular formula is C17H26N4O2S2. The predicted molar refractivity (Wildman–Crippen MR) is 105 cm³/mol. The highest BCUT2D eigenvalue weighted by Crippen LogP contribution is 2.34. The van der Waals surface area contributed by atoms with Crippen LogP contribution in [0.15, 0.2) is 6.07 Å². The highest BCUT2D eigenvalue weighted by Gasteiger charge is 2.19. The summed E-state index contributed by atoms with van der Waals surface area (Å²) in [6.07, 6.45) is 0. The molecule has 0 radical (unpaired) electrons. The van der Waals surface area contributed by atoms with E-state index in [1.807, 2.05) is 6.07 Å². The highest BCUT2D eigenvalue weighted by molar-refractivity contribution is 7.29. The average molecular weight is 383 g/mol. The number of aromatic nitrogens is 1. The van der Waals surface area contributed by atoms with Crippen LogP contribution in [-0.2, 0) is 4.74 Å². The summed E-state index contributed by atoms with van der Waals surface area (Å²) in [4.78, 5) is 23.4. The van der Waals surface area contributed by atoms with Crippen LogP contribution in [0, 0.1) is 0 Å². The molecule has 0 aliphatic carbocycles. The van der Waals surface area contributed by atoms with Gasteiger partial charge in [0.05, 0.1) is 22.8 Å². The zero-order chi connectivity index (χ0) is 17.8. The summed E-state index contributed by atoms with van der Waals surface area (Å²) in [6, 6.07) is 2.29. The van der Waals surface area contributed by atoms with Crippen molar-refractivity contribution in [3.63, 3.8) is 0 Å². The molecule has 3 rings (SSSR count). The number of carbonyl (C=O) groups excluding carboxylic acids is 1. The molecule has 1 aliphatic heterocycles. The van der Waals surface area contributed by atoms with Crippen molar-refractivity contribution in [2.24, 2.45) is 0 Å². The molecule has 1 atom stereocenters. The van der Waals surface area contributed by atoms with E-state index in [2.05, 4.69) is 40.9 Å². The van der Waals surface area contributed by atoms with Gasteiger partial charge < -0.3 is 15.0 Å². The molecule has 2 aromatic rings. The lowest BCUT2D eigenvalue weighted by Crippen LogP contribution is -2.47. The van der Waals surface area contributed by atoms with Crippen LogP contribution in [-0.4, -0.2) is 67.8 Å². The van der Waals surface area contributed by atoms with Crippen LogP contribution >= 0.6 is 22.7 Å². The first-order valence-corrected chi connectivity index (χ1v) is 10.5. The topological polar surface area (TPSA) is 57.7 Å². The first kappa shape index (κ1) is 18.6. The van der Waals surface area contributed by atoms with E-state index in [9.17, 15) is 4.79 Å². The van der Waals surface area contributed by atoms with Gasteiger partial charge in [0.25, 0.3) is 5.91 Å². The fraction of sp³-hybridized carbons (Fsp3) is 0.647. The summed E-state index contributed by atoms with van der Waals surface area (Å²) in [7, 11) is 0. The number of ether oxygens (including phenoxy) is 1. The number of nitrogens with zero attached hydrogens (tertiary/aromatic N) is 3. The van der Waals surface area contributed by atoms with Gasteiger partial charge in [-0.25, -0.2) is 4.98 Å². The highest BCUT2D eigenvalue weighted by atomic mass is 32.1. The van der Waals surface area contributed by atoms with Gasteiger partial charge in [-0.1, -0.05) is 11.3 Å². The van der Waals surface area contributed by atoms with Crippen molar-refractivity contribution < 1.29 is 9.53 Å². The number of anilines is 1. The normalized spacial score (nSPS) is 16.9. The second-order valence-corrected chi connectivity index (χ2v) is 8.20. The molecule has 1 aliphatic rings. The fourth-order valence-corrected chi connectivity index (χ4v) is 5.19. The molecule has 25 heavy (non-hydrogen) atoms. The quantitative estimate of drug-likeness (QED) is 0.798. The molecule has 1 fully saturated rings. The minimum absolute atomic E-state index is 0.000279. The zero-order valence-electron chi connectivity index (χ0n) is 15.1. The van der Waals surface area contributed by atoms with Gasteiger partial charge in [-0.05, 0) is 26.8 Å². The minimum atomic E-state index is -0.000279. The lowest BCUT2D eigenvalue weighted by molar-refractivity contribution is 0.0204. The molecule has 0 saturated carbocycles. The molecule has 0 bridgehead atoms.